The van der Waals surface area contributed by atoms with E-state index in [4.69, 9.17) is 11.6 Å². The second kappa shape index (κ2) is 9.76. The lowest BCUT2D eigenvalue weighted by Crippen LogP contribution is -2.51. The van der Waals surface area contributed by atoms with Gasteiger partial charge in [0.2, 0.25) is 11.8 Å². The molecule has 5 nitrogen and oxygen atoms in total. The summed E-state index contributed by atoms with van der Waals surface area (Å²) in [5.74, 6) is 0.557. The minimum Gasteiger partial charge on any atom is -0.355 e. The minimum atomic E-state index is -0.201. The van der Waals surface area contributed by atoms with Gasteiger partial charge in [0.25, 0.3) is 0 Å². The summed E-state index contributed by atoms with van der Waals surface area (Å²) in [7, 11) is 0. The van der Waals surface area contributed by atoms with Crippen LogP contribution in [0, 0.1) is 5.92 Å². The molecule has 0 spiro atoms. The second-order valence-corrected chi connectivity index (χ2v) is 10.0. The van der Waals surface area contributed by atoms with E-state index in [9.17, 15) is 9.59 Å². The molecule has 0 saturated carbocycles. The number of anilines is 1. The lowest BCUT2D eigenvalue weighted by atomic mass is 9.93. The van der Waals surface area contributed by atoms with Crippen LogP contribution >= 0.6 is 11.6 Å². The Hall–Kier alpha value is -2.53. The summed E-state index contributed by atoms with van der Waals surface area (Å²) in [5, 5.41) is 0.718. The SMILES string of the molecule is O=C(C1CCN(C(=O)C2Cc3ccccc3N2Cc2ccc(Cl)cc2)CC1)N1CCCCC1. The third-order valence-corrected chi connectivity index (χ3v) is 7.72. The zero-order valence-electron chi connectivity index (χ0n) is 19.1. The van der Waals surface area contributed by atoms with Gasteiger partial charge in [0.15, 0.2) is 0 Å². The maximum atomic E-state index is 13.7. The topological polar surface area (TPSA) is 43.9 Å². The number of amides is 2. The van der Waals surface area contributed by atoms with E-state index in [1.165, 1.54) is 12.0 Å². The average Bonchev–Trinajstić information content (AvgIpc) is 3.23. The summed E-state index contributed by atoms with van der Waals surface area (Å²) in [5.41, 5.74) is 3.50. The maximum absolute atomic E-state index is 13.7. The first-order valence-electron chi connectivity index (χ1n) is 12.3. The molecule has 1 unspecified atom stereocenters. The van der Waals surface area contributed by atoms with Crippen molar-refractivity contribution in [2.75, 3.05) is 31.1 Å². The van der Waals surface area contributed by atoms with E-state index in [1.807, 2.05) is 46.2 Å². The molecular weight excluding hydrogens is 434 g/mol. The number of nitrogens with zero attached hydrogens (tertiary/aromatic N) is 3. The lowest BCUT2D eigenvalue weighted by Gasteiger charge is -2.38. The first-order valence-corrected chi connectivity index (χ1v) is 12.6. The smallest absolute Gasteiger partial charge is 0.245 e. The number of piperidine rings is 2. The molecule has 3 heterocycles. The van der Waals surface area contributed by atoms with Crippen LogP contribution < -0.4 is 4.90 Å². The van der Waals surface area contributed by atoms with Crippen molar-refractivity contribution in [2.24, 2.45) is 5.92 Å². The fourth-order valence-corrected chi connectivity index (χ4v) is 5.71. The van der Waals surface area contributed by atoms with Gasteiger partial charge in [-0.25, -0.2) is 0 Å². The van der Waals surface area contributed by atoms with Gasteiger partial charge in [0.1, 0.15) is 6.04 Å². The van der Waals surface area contributed by atoms with Crippen molar-refractivity contribution in [3.63, 3.8) is 0 Å². The zero-order valence-corrected chi connectivity index (χ0v) is 19.8. The van der Waals surface area contributed by atoms with Crippen molar-refractivity contribution in [1.29, 1.82) is 0 Å². The normalized spacial score (nSPS) is 21.2. The number of para-hydroxylation sites is 1. The summed E-state index contributed by atoms with van der Waals surface area (Å²) in [6.45, 7) is 3.82. The fraction of sp³-hybridized carbons (Fsp3) is 0.481. The highest BCUT2D eigenvalue weighted by Crippen LogP contribution is 2.35. The average molecular weight is 466 g/mol. The molecule has 0 aliphatic carbocycles. The number of hydrogen-bond acceptors (Lipinski definition) is 3. The fourth-order valence-electron chi connectivity index (χ4n) is 5.58. The van der Waals surface area contributed by atoms with E-state index in [0.29, 0.717) is 25.5 Å². The van der Waals surface area contributed by atoms with E-state index in [2.05, 4.69) is 17.0 Å². The lowest BCUT2D eigenvalue weighted by molar-refractivity contribution is -0.141. The Morgan fingerprint density at radius 3 is 2.21 bits per heavy atom. The molecule has 2 saturated heterocycles. The molecule has 2 amide bonds. The van der Waals surface area contributed by atoms with Gasteiger partial charge in [-0.3, -0.25) is 9.59 Å². The van der Waals surface area contributed by atoms with E-state index in [0.717, 1.165) is 61.5 Å². The van der Waals surface area contributed by atoms with Crippen LogP contribution in [-0.2, 0) is 22.6 Å². The molecule has 3 aliphatic heterocycles. The highest BCUT2D eigenvalue weighted by molar-refractivity contribution is 6.30. The van der Waals surface area contributed by atoms with Crippen molar-refractivity contribution in [3.8, 4) is 0 Å². The van der Waals surface area contributed by atoms with Gasteiger partial charge in [-0.05, 0) is 61.4 Å². The van der Waals surface area contributed by atoms with Crippen LogP contribution in [0.1, 0.15) is 43.2 Å². The molecule has 174 valence electrons. The highest BCUT2D eigenvalue weighted by Gasteiger charge is 2.38. The molecule has 5 rings (SSSR count). The summed E-state index contributed by atoms with van der Waals surface area (Å²) in [6, 6.07) is 16.0. The summed E-state index contributed by atoms with van der Waals surface area (Å²) < 4.78 is 0. The van der Waals surface area contributed by atoms with E-state index >= 15 is 0 Å². The van der Waals surface area contributed by atoms with Crippen molar-refractivity contribution in [1.82, 2.24) is 9.80 Å². The van der Waals surface area contributed by atoms with Gasteiger partial charge in [-0.2, -0.15) is 0 Å². The Labute approximate surface area is 201 Å². The number of carbonyl (C=O) groups is 2. The van der Waals surface area contributed by atoms with Crippen LogP contribution in [0.25, 0.3) is 0 Å². The number of hydrogen-bond donors (Lipinski definition) is 0. The minimum absolute atomic E-state index is 0.0677. The number of benzene rings is 2. The first-order chi connectivity index (χ1) is 16.1. The molecule has 33 heavy (non-hydrogen) atoms. The quantitative estimate of drug-likeness (QED) is 0.666. The molecule has 0 bridgehead atoms. The molecule has 0 aromatic heterocycles. The van der Waals surface area contributed by atoms with Gasteiger partial charge in [-0.1, -0.05) is 41.9 Å². The Bertz CT molecular complexity index is 995. The van der Waals surface area contributed by atoms with E-state index < -0.39 is 0 Å². The maximum Gasteiger partial charge on any atom is 0.245 e. The van der Waals surface area contributed by atoms with Crippen LogP contribution in [0.2, 0.25) is 5.02 Å². The highest BCUT2D eigenvalue weighted by atomic mass is 35.5. The van der Waals surface area contributed by atoms with Gasteiger partial charge < -0.3 is 14.7 Å². The molecule has 1 atom stereocenters. The third kappa shape index (κ3) is 4.74. The Kier molecular flexibility index (Phi) is 6.59. The number of halogens is 1. The second-order valence-electron chi connectivity index (χ2n) is 9.59. The largest absolute Gasteiger partial charge is 0.355 e. The van der Waals surface area contributed by atoms with Gasteiger partial charge in [-0.15, -0.1) is 0 Å². The Morgan fingerprint density at radius 2 is 1.48 bits per heavy atom. The predicted molar refractivity (Wildman–Crippen MR) is 131 cm³/mol. The van der Waals surface area contributed by atoms with Gasteiger partial charge in [0, 0.05) is 55.8 Å². The third-order valence-electron chi connectivity index (χ3n) is 7.47. The summed E-state index contributed by atoms with van der Waals surface area (Å²) >= 11 is 6.07. The van der Waals surface area contributed by atoms with Crippen molar-refractivity contribution in [3.05, 3.63) is 64.7 Å². The molecular formula is C27H32ClN3O2. The molecule has 0 radical (unpaired) electrons. The van der Waals surface area contributed by atoms with Gasteiger partial charge in [0.05, 0.1) is 0 Å². The Balaban J connectivity index is 1.26. The molecule has 3 aliphatic rings. The van der Waals surface area contributed by atoms with Crippen molar-refractivity contribution in [2.45, 2.75) is 51.1 Å². The standard InChI is InChI=1S/C27H32ClN3O2/c28-23-10-8-20(9-11-23)19-31-24-7-3-2-6-22(24)18-25(31)27(33)30-16-12-21(13-17-30)26(32)29-14-4-1-5-15-29/h2-3,6-11,21,25H,1,4-5,12-19H2. The molecule has 2 fully saturated rings. The molecule has 2 aromatic carbocycles. The number of likely N-dealkylation sites (tertiary alicyclic amines) is 2. The zero-order chi connectivity index (χ0) is 22.8. The van der Waals surface area contributed by atoms with Crippen LogP contribution in [-0.4, -0.2) is 53.8 Å². The van der Waals surface area contributed by atoms with E-state index in [1.54, 1.807) is 0 Å². The molecule has 6 heteroatoms. The van der Waals surface area contributed by atoms with Crippen LogP contribution in [0.4, 0.5) is 5.69 Å². The molecule has 0 N–H and O–H groups in total. The van der Waals surface area contributed by atoms with Crippen LogP contribution in [0.3, 0.4) is 0 Å². The number of fused-ring (bicyclic) bond motifs is 1. The van der Waals surface area contributed by atoms with Crippen LogP contribution in [0.5, 0.6) is 0 Å². The predicted octanol–water partition coefficient (Wildman–Crippen LogP) is 4.52. The van der Waals surface area contributed by atoms with Crippen LogP contribution in [0.15, 0.2) is 48.5 Å². The van der Waals surface area contributed by atoms with Crippen molar-refractivity contribution < 1.29 is 9.59 Å². The molecule has 2 aromatic rings. The summed E-state index contributed by atoms with van der Waals surface area (Å²) in [4.78, 5) is 32.9. The summed E-state index contributed by atoms with van der Waals surface area (Å²) in [6.07, 6.45) is 5.75. The van der Waals surface area contributed by atoms with E-state index in [-0.39, 0.29) is 17.9 Å². The monoisotopic (exact) mass is 465 g/mol. The van der Waals surface area contributed by atoms with Crippen molar-refractivity contribution >= 4 is 29.1 Å². The number of carbonyl (C=O) groups excluding carboxylic acids is 2. The Morgan fingerprint density at radius 1 is 0.818 bits per heavy atom. The first kappa shape index (κ1) is 22.3. The number of rotatable bonds is 4. The van der Waals surface area contributed by atoms with Gasteiger partial charge >= 0.3 is 0 Å².